The van der Waals surface area contributed by atoms with Crippen LogP contribution >= 0.6 is 0 Å². The summed E-state index contributed by atoms with van der Waals surface area (Å²) in [5.74, 6) is -0.731. The lowest BCUT2D eigenvalue weighted by molar-refractivity contribution is -0.133. The van der Waals surface area contributed by atoms with Crippen molar-refractivity contribution in [2.45, 2.75) is 45.3 Å². The van der Waals surface area contributed by atoms with Crippen molar-refractivity contribution in [3.05, 3.63) is 64.5 Å². The molecular formula is C22H24FN3O2. The number of carbonyl (C=O) groups is 2. The largest absolute Gasteiger partial charge is 0.326 e. The van der Waals surface area contributed by atoms with E-state index in [0.29, 0.717) is 37.9 Å². The molecule has 2 amide bonds. The van der Waals surface area contributed by atoms with Crippen molar-refractivity contribution >= 4 is 17.5 Å². The van der Waals surface area contributed by atoms with Crippen molar-refractivity contribution in [3.63, 3.8) is 0 Å². The Balaban J connectivity index is 1.50. The Hall–Kier alpha value is -2.73. The Morgan fingerprint density at radius 2 is 2.00 bits per heavy atom. The van der Waals surface area contributed by atoms with Crippen molar-refractivity contribution < 1.29 is 14.0 Å². The van der Waals surface area contributed by atoms with Gasteiger partial charge in [-0.05, 0) is 49.1 Å². The quantitative estimate of drug-likeness (QED) is 0.856. The molecule has 4 rings (SSSR count). The maximum Gasteiger partial charge on any atom is 0.247 e. The highest BCUT2D eigenvalue weighted by atomic mass is 19.1. The Bertz CT molecular complexity index is 911. The van der Waals surface area contributed by atoms with Crippen molar-refractivity contribution in [2.75, 3.05) is 11.9 Å². The number of rotatable bonds is 4. The molecule has 0 bridgehead atoms. The number of aryl methyl sites for hydroxylation is 1. The van der Waals surface area contributed by atoms with Crippen LogP contribution in [-0.2, 0) is 29.1 Å². The van der Waals surface area contributed by atoms with Crippen LogP contribution in [0.4, 0.5) is 10.1 Å². The Morgan fingerprint density at radius 3 is 2.79 bits per heavy atom. The highest BCUT2D eigenvalue weighted by Crippen LogP contribution is 2.27. The zero-order valence-corrected chi connectivity index (χ0v) is 15.9. The van der Waals surface area contributed by atoms with E-state index in [0.717, 1.165) is 23.2 Å². The average molecular weight is 381 g/mol. The van der Waals surface area contributed by atoms with E-state index in [2.05, 4.69) is 10.6 Å². The molecule has 1 saturated heterocycles. The third-order valence-electron chi connectivity index (χ3n) is 5.57. The number of fused-ring (bicyclic) bond motifs is 1. The van der Waals surface area contributed by atoms with E-state index in [1.807, 2.05) is 37.3 Å². The third-order valence-corrected chi connectivity index (χ3v) is 5.57. The molecule has 2 aliphatic heterocycles. The number of amides is 2. The van der Waals surface area contributed by atoms with Crippen LogP contribution in [0.25, 0.3) is 0 Å². The summed E-state index contributed by atoms with van der Waals surface area (Å²) < 4.78 is 14.8. The van der Waals surface area contributed by atoms with E-state index in [1.165, 1.54) is 0 Å². The molecule has 2 aromatic rings. The predicted molar refractivity (Wildman–Crippen MR) is 105 cm³/mol. The minimum Gasteiger partial charge on any atom is -0.326 e. The van der Waals surface area contributed by atoms with Crippen LogP contribution in [0.15, 0.2) is 36.4 Å². The van der Waals surface area contributed by atoms with Gasteiger partial charge in [-0.1, -0.05) is 35.9 Å². The molecular weight excluding hydrogens is 357 g/mol. The molecule has 1 atom stereocenters. The minimum absolute atomic E-state index is 0.0438. The van der Waals surface area contributed by atoms with Crippen LogP contribution in [0.5, 0.6) is 0 Å². The van der Waals surface area contributed by atoms with E-state index in [-0.39, 0.29) is 23.3 Å². The summed E-state index contributed by atoms with van der Waals surface area (Å²) in [5, 5.41) is 5.93. The number of nitrogens with one attached hydrogen (secondary N) is 2. The molecule has 5 nitrogen and oxygen atoms in total. The van der Waals surface area contributed by atoms with Gasteiger partial charge in [-0.3, -0.25) is 9.59 Å². The summed E-state index contributed by atoms with van der Waals surface area (Å²) in [6.45, 7) is 3.75. The summed E-state index contributed by atoms with van der Waals surface area (Å²) in [5.41, 5.74) is 3.91. The molecule has 0 radical (unpaired) electrons. The summed E-state index contributed by atoms with van der Waals surface area (Å²) in [4.78, 5) is 26.8. The number of halogens is 1. The smallest absolute Gasteiger partial charge is 0.247 e. The monoisotopic (exact) mass is 381 g/mol. The molecule has 2 aliphatic rings. The second-order valence-electron chi connectivity index (χ2n) is 7.54. The van der Waals surface area contributed by atoms with Gasteiger partial charge in [-0.2, -0.15) is 0 Å². The fourth-order valence-corrected chi connectivity index (χ4v) is 3.94. The van der Waals surface area contributed by atoms with Crippen molar-refractivity contribution in [1.82, 2.24) is 10.2 Å². The third kappa shape index (κ3) is 3.64. The molecule has 0 aliphatic carbocycles. The summed E-state index contributed by atoms with van der Waals surface area (Å²) >= 11 is 0. The van der Waals surface area contributed by atoms with Gasteiger partial charge >= 0.3 is 0 Å². The average Bonchev–Trinajstić information content (AvgIpc) is 3.06. The number of anilines is 1. The summed E-state index contributed by atoms with van der Waals surface area (Å²) in [6, 6.07) is 10.8. The fourth-order valence-electron chi connectivity index (χ4n) is 3.94. The molecule has 0 aromatic heterocycles. The molecule has 6 heteroatoms. The molecule has 0 saturated carbocycles. The maximum atomic E-state index is 14.8. The molecule has 1 fully saturated rings. The van der Waals surface area contributed by atoms with Gasteiger partial charge in [-0.25, -0.2) is 4.39 Å². The first-order chi connectivity index (χ1) is 13.5. The van der Waals surface area contributed by atoms with Crippen LogP contribution in [0.2, 0.25) is 0 Å². The Morgan fingerprint density at radius 1 is 1.21 bits per heavy atom. The highest BCUT2D eigenvalue weighted by molar-refractivity contribution is 5.99. The van der Waals surface area contributed by atoms with Gasteiger partial charge in [0, 0.05) is 19.5 Å². The number of benzene rings is 2. The number of carbonyl (C=O) groups excluding carboxylic acids is 2. The first-order valence-corrected chi connectivity index (χ1v) is 9.70. The molecule has 2 N–H and O–H groups in total. The second-order valence-corrected chi connectivity index (χ2v) is 7.54. The number of hydrogen-bond acceptors (Lipinski definition) is 3. The van der Waals surface area contributed by atoms with Crippen LogP contribution in [0.3, 0.4) is 0 Å². The van der Waals surface area contributed by atoms with E-state index < -0.39 is 6.04 Å². The summed E-state index contributed by atoms with van der Waals surface area (Å²) in [6.07, 6.45) is 1.39. The molecule has 28 heavy (non-hydrogen) atoms. The van der Waals surface area contributed by atoms with E-state index in [9.17, 15) is 14.0 Å². The van der Waals surface area contributed by atoms with Crippen molar-refractivity contribution in [1.29, 1.82) is 0 Å². The predicted octanol–water partition coefficient (Wildman–Crippen LogP) is 2.91. The molecule has 146 valence electrons. The second kappa shape index (κ2) is 7.72. The number of hydrogen-bond donors (Lipinski definition) is 2. The van der Waals surface area contributed by atoms with Gasteiger partial charge < -0.3 is 15.5 Å². The van der Waals surface area contributed by atoms with Gasteiger partial charge in [0.1, 0.15) is 11.9 Å². The van der Waals surface area contributed by atoms with E-state index >= 15 is 0 Å². The first-order valence-electron chi connectivity index (χ1n) is 9.70. The SMILES string of the molecule is Cc1ccc(CN2C(=O)CCC2C(=O)Nc2ccc3c(c2F)CCNC3)cc1. The van der Waals surface area contributed by atoms with Gasteiger partial charge in [0.15, 0.2) is 0 Å². The van der Waals surface area contributed by atoms with E-state index in [4.69, 9.17) is 0 Å². The van der Waals surface area contributed by atoms with Crippen molar-refractivity contribution in [3.8, 4) is 0 Å². The highest BCUT2D eigenvalue weighted by Gasteiger charge is 2.36. The normalized spacial score (nSPS) is 18.9. The maximum absolute atomic E-state index is 14.8. The topological polar surface area (TPSA) is 61.4 Å². The Kier molecular flexibility index (Phi) is 5.13. The zero-order valence-electron chi connectivity index (χ0n) is 15.9. The summed E-state index contributed by atoms with van der Waals surface area (Å²) in [7, 11) is 0. The van der Waals surface area contributed by atoms with Gasteiger partial charge in [0.25, 0.3) is 0 Å². The van der Waals surface area contributed by atoms with Gasteiger partial charge in [-0.15, -0.1) is 0 Å². The molecule has 2 aromatic carbocycles. The van der Waals surface area contributed by atoms with Gasteiger partial charge in [0.05, 0.1) is 5.69 Å². The van der Waals surface area contributed by atoms with Crippen molar-refractivity contribution in [2.24, 2.45) is 0 Å². The lowest BCUT2D eigenvalue weighted by atomic mass is 9.99. The fraction of sp³-hybridized carbons (Fsp3) is 0.364. The molecule has 0 spiro atoms. The lowest BCUT2D eigenvalue weighted by Gasteiger charge is -2.25. The van der Waals surface area contributed by atoms with Crippen LogP contribution in [0, 0.1) is 12.7 Å². The minimum atomic E-state index is -0.578. The van der Waals surface area contributed by atoms with Gasteiger partial charge in [0.2, 0.25) is 11.8 Å². The molecule has 1 unspecified atom stereocenters. The lowest BCUT2D eigenvalue weighted by Crippen LogP contribution is -2.41. The number of nitrogens with zero attached hydrogens (tertiary/aromatic N) is 1. The van der Waals surface area contributed by atoms with Crippen LogP contribution < -0.4 is 10.6 Å². The molecule has 2 heterocycles. The van der Waals surface area contributed by atoms with E-state index in [1.54, 1.807) is 11.0 Å². The number of likely N-dealkylation sites (tertiary alicyclic amines) is 1. The Labute approximate surface area is 163 Å². The first kappa shape index (κ1) is 18.6. The zero-order chi connectivity index (χ0) is 19.7. The standard InChI is InChI=1S/C22H24FN3O2/c1-14-2-4-15(5-3-14)13-26-19(8-9-20(26)27)22(28)25-18-7-6-16-12-24-11-10-17(16)21(18)23/h2-7,19,24H,8-13H2,1H3,(H,25,28). The van der Waals surface area contributed by atoms with Crippen LogP contribution in [-0.4, -0.2) is 29.3 Å². The van der Waals surface area contributed by atoms with Crippen LogP contribution in [0.1, 0.15) is 35.1 Å².